The quantitative estimate of drug-likeness (QED) is 0.892. The molecule has 2 nitrogen and oxygen atoms in total. The van der Waals surface area contributed by atoms with E-state index in [0.717, 1.165) is 54.2 Å². The van der Waals surface area contributed by atoms with Crippen LogP contribution in [0.25, 0.3) is 0 Å². The zero-order chi connectivity index (χ0) is 13.3. The lowest BCUT2D eigenvalue weighted by molar-refractivity contribution is 0.0135. The fourth-order valence-electron chi connectivity index (χ4n) is 5.92. The first-order chi connectivity index (χ1) is 9.83. The van der Waals surface area contributed by atoms with E-state index < -0.39 is 6.23 Å². The van der Waals surface area contributed by atoms with Crippen molar-refractivity contribution in [3.8, 4) is 0 Å². The first-order valence-electron chi connectivity index (χ1n) is 8.30. The Bertz CT molecular complexity index is 491. The van der Waals surface area contributed by atoms with Crippen LogP contribution in [0, 0.1) is 35.5 Å². The van der Waals surface area contributed by atoms with E-state index >= 15 is 0 Å². The number of aliphatic hydroxyl groups is 1. The molecule has 0 amide bonds. The summed E-state index contributed by atoms with van der Waals surface area (Å²) in [5.74, 6) is 5.89. The lowest BCUT2D eigenvalue weighted by Crippen LogP contribution is -2.40. The molecule has 1 aromatic carbocycles. The van der Waals surface area contributed by atoms with Crippen LogP contribution in [-0.2, 0) is 0 Å². The van der Waals surface area contributed by atoms with E-state index in [0.29, 0.717) is 0 Å². The Morgan fingerprint density at radius 2 is 1.45 bits per heavy atom. The molecule has 6 rings (SSSR count). The summed E-state index contributed by atoms with van der Waals surface area (Å²) in [4.78, 5) is 2.35. The summed E-state index contributed by atoms with van der Waals surface area (Å²) in [7, 11) is 0. The van der Waals surface area contributed by atoms with Gasteiger partial charge in [0, 0.05) is 13.1 Å². The first-order valence-corrected chi connectivity index (χ1v) is 8.30. The molecule has 1 heterocycles. The van der Waals surface area contributed by atoms with Crippen LogP contribution in [0.1, 0.15) is 31.1 Å². The zero-order valence-electron chi connectivity index (χ0n) is 11.9. The van der Waals surface area contributed by atoms with E-state index in [4.69, 9.17) is 0 Å². The Hall–Kier alpha value is -0.860. The summed E-state index contributed by atoms with van der Waals surface area (Å²) in [6.07, 6.45) is 4.09. The molecule has 0 aromatic heterocycles. The molecule has 106 valence electrons. The summed E-state index contributed by atoms with van der Waals surface area (Å²) in [5, 5.41) is 10.7. The fraction of sp³-hybridized carbons (Fsp3) is 0.667. The van der Waals surface area contributed by atoms with E-state index in [-0.39, 0.29) is 0 Å². The average Bonchev–Trinajstić information content (AvgIpc) is 3.20. The molecule has 2 heteroatoms. The van der Waals surface area contributed by atoms with Crippen LogP contribution in [0.4, 0.5) is 0 Å². The van der Waals surface area contributed by atoms with Crippen molar-refractivity contribution in [3.63, 3.8) is 0 Å². The van der Waals surface area contributed by atoms with E-state index in [9.17, 15) is 5.11 Å². The minimum Gasteiger partial charge on any atom is -0.374 e. The lowest BCUT2D eigenvalue weighted by Gasteiger charge is -2.44. The molecule has 0 radical (unpaired) electrons. The second-order valence-corrected chi connectivity index (χ2v) is 7.53. The second kappa shape index (κ2) is 4.08. The van der Waals surface area contributed by atoms with Gasteiger partial charge in [0.2, 0.25) is 0 Å². The van der Waals surface area contributed by atoms with Crippen LogP contribution in [0.2, 0.25) is 0 Å². The third-order valence-electron chi connectivity index (χ3n) is 6.81. The van der Waals surface area contributed by atoms with Crippen molar-refractivity contribution in [1.82, 2.24) is 4.90 Å². The minimum atomic E-state index is -0.391. The summed E-state index contributed by atoms with van der Waals surface area (Å²) < 4.78 is 0. The molecular weight excluding hydrogens is 246 g/mol. The van der Waals surface area contributed by atoms with E-state index in [1.807, 2.05) is 18.2 Å². The SMILES string of the molecule is OC(c1ccccc1)N1CC2C3CCC(C4CC34)C2C1. The molecular formula is C18H23NO. The van der Waals surface area contributed by atoms with Crippen LogP contribution in [0.5, 0.6) is 0 Å². The van der Waals surface area contributed by atoms with Gasteiger partial charge in [-0.3, -0.25) is 4.90 Å². The summed E-state index contributed by atoms with van der Waals surface area (Å²) in [6, 6.07) is 10.2. The van der Waals surface area contributed by atoms with Gasteiger partial charge in [-0.1, -0.05) is 30.3 Å². The maximum atomic E-state index is 10.7. The Kier molecular flexibility index (Phi) is 2.40. The molecule has 1 saturated heterocycles. The molecule has 1 aliphatic heterocycles. The lowest BCUT2D eigenvalue weighted by atomic mass is 9.60. The van der Waals surface area contributed by atoms with Crippen molar-refractivity contribution in [2.45, 2.75) is 25.5 Å². The van der Waals surface area contributed by atoms with Crippen LogP contribution in [-0.4, -0.2) is 23.1 Å². The van der Waals surface area contributed by atoms with Crippen LogP contribution < -0.4 is 0 Å². The molecule has 0 spiro atoms. The highest BCUT2D eigenvalue weighted by Crippen LogP contribution is 2.67. The predicted molar refractivity (Wildman–Crippen MR) is 77.8 cm³/mol. The molecule has 1 aromatic rings. The van der Waals surface area contributed by atoms with Crippen molar-refractivity contribution in [2.24, 2.45) is 35.5 Å². The van der Waals surface area contributed by atoms with E-state index in [2.05, 4.69) is 17.0 Å². The molecule has 7 unspecified atom stereocenters. The van der Waals surface area contributed by atoms with Gasteiger partial charge in [-0.15, -0.1) is 0 Å². The highest BCUT2D eigenvalue weighted by molar-refractivity contribution is 5.18. The van der Waals surface area contributed by atoms with E-state index in [1.54, 1.807) is 0 Å². The average molecular weight is 269 g/mol. The third-order valence-corrected chi connectivity index (χ3v) is 6.81. The number of fused-ring (bicyclic) bond motifs is 1. The Balaban J connectivity index is 1.39. The summed E-state index contributed by atoms with van der Waals surface area (Å²) in [5.41, 5.74) is 1.06. The molecule has 1 N–H and O–H groups in total. The van der Waals surface area contributed by atoms with E-state index in [1.165, 1.54) is 19.3 Å². The van der Waals surface area contributed by atoms with Crippen molar-refractivity contribution in [3.05, 3.63) is 35.9 Å². The molecule has 20 heavy (non-hydrogen) atoms. The maximum Gasteiger partial charge on any atom is 0.133 e. The van der Waals surface area contributed by atoms with Gasteiger partial charge in [0.05, 0.1) is 0 Å². The molecule has 4 saturated carbocycles. The van der Waals surface area contributed by atoms with Crippen molar-refractivity contribution >= 4 is 0 Å². The number of likely N-dealkylation sites (tertiary alicyclic amines) is 1. The fourth-order valence-corrected chi connectivity index (χ4v) is 5.92. The summed E-state index contributed by atoms with van der Waals surface area (Å²) in [6.45, 7) is 2.26. The third kappa shape index (κ3) is 1.52. The van der Waals surface area contributed by atoms with Gasteiger partial charge in [-0.2, -0.15) is 0 Å². The Morgan fingerprint density at radius 3 is 2.05 bits per heavy atom. The van der Waals surface area contributed by atoms with Gasteiger partial charge < -0.3 is 5.11 Å². The number of nitrogens with zero attached hydrogens (tertiary/aromatic N) is 1. The first kappa shape index (κ1) is 11.8. The number of rotatable bonds is 2. The number of hydrogen-bond donors (Lipinski definition) is 1. The second-order valence-electron chi connectivity index (χ2n) is 7.53. The number of aliphatic hydroxyl groups excluding tert-OH is 1. The van der Waals surface area contributed by atoms with Gasteiger partial charge in [0.15, 0.2) is 0 Å². The van der Waals surface area contributed by atoms with Gasteiger partial charge >= 0.3 is 0 Å². The van der Waals surface area contributed by atoms with Crippen LogP contribution >= 0.6 is 0 Å². The Morgan fingerprint density at radius 1 is 0.850 bits per heavy atom. The molecule has 2 bridgehead atoms. The normalized spacial score (nSPS) is 46.9. The van der Waals surface area contributed by atoms with Crippen molar-refractivity contribution < 1.29 is 5.11 Å². The minimum absolute atomic E-state index is 0.391. The topological polar surface area (TPSA) is 23.5 Å². The monoisotopic (exact) mass is 269 g/mol. The van der Waals surface area contributed by atoms with Gasteiger partial charge in [-0.05, 0) is 60.3 Å². The zero-order valence-corrected chi connectivity index (χ0v) is 11.9. The van der Waals surface area contributed by atoms with Crippen molar-refractivity contribution in [1.29, 1.82) is 0 Å². The highest BCUT2D eigenvalue weighted by atomic mass is 16.3. The largest absolute Gasteiger partial charge is 0.374 e. The molecule has 4 aliphatic carbocycles. The highest BCUT2D eigenvalue weighted by Gasteiger charge is 2.63. The molecule has 5 fully saturated rings. The smallest absolute Gasteiger partial charge is 0.133 e. The number of benzene rings is 1. The van der Waals surface area contributed by atoms with Crippen LogP contribution in [0.15, 0.2) is 30.3 Å². The van der Waals surface area contributed by atoms with Gasteiger partial charge in [0.25, 0.3) is 0 Å². The number of hydrogen-bond acceptors (Lipinski definition) is 2. The van der Waals surface area contributed by atoms with Gasteiger partial charge in [-0.25, -0.2) is 0 Å². The summed E-state index contributed by atoms with van der Waals surface area (Å²) >= 11 is 0. The molecule has 7 atom stereocenters. The van der Waals surface area contributed by atoms with Crippen molar-refractivity contribution in [2.75, 3.05) is 13.1 Å². The molecule has 5 aliphatic rings. The van der Waals surface area contributed by atoms with Crippen LogP contribution in [0.3, 0.4) is 0 Å². The predicted octanol–water partition coefficient (Wildman–Crippen LogP) is 2.90. The maximum absolute atomic E-state index is 10.7. The standard InChI is InChI=1S/C18H23NO/c20-18(11-4-2-1-3-5-11)19-9-16-12-6-7-13(17(16)10-19)15-8-14(12)15/h1-5,12-18,20H,6-10H2. The Labute approximate surface area is 120 Å². The van der Waals surface area contributed by atoms with Gasteiger partial charge in [0.1, 0.15) is 6.23 Å².